The zero-order valence-electron chi connectivity index (χ0n) is 15.4. The number of carbonyl (C=O) groups is 1. The van der Waals surface area contributed by atoms with Gasteiger partial charge in [-0.15, -0.1) is 0 Å². The van der Waals surface area contributed by atoms with E-state index in [0.717, 1.165) is 29.4 Å². The van der Waals surface area contributed by atoms with E-state index in [1.165, 1.54) is 6.07 Å². The summed E-state index contributed by atoms with van der Waals surface area (Å²) in [7, 11) is 0. The van der Waals surface area contributed by atoms with E-state index in [1.807, 2.05) is 12.1 Å². The second-order valence-electron chi connectivity index (χ2n) is 6.74. The van der Waals surface area contributed by atoms with Gasteiger partial charge in [0.15, 0.2) is 0 Å². The highest BCUT2D eigenvalue weighted by Gasteiger charge is 2.31. The van der Waals surface area contributed by atoms with Gasteiger partial charge < -0.3 is 10.6 Å². The van der Waals surface area contributed by atoms with Gasteiger partial charge in [0.1, 0.15) is 5.82 Å². The van der Waals surface area contributed by atoms with Gasteiger partial charge >= 0.3 is 0 Å². The Kier molecular flexibility index (Phi) is 4.66. The molecular weight excluding hydrogens is 355 g/mol. The molecule has 1 aromatic heterocycles. The predicted octanol–water partition coefficient (Wildman–Crippen LogP) is 3.70. The van der Waals surface area contributed by atoms with E-state index < -0.39 is 0 Å². The molecule has 1 aliphatic rings. The largest absolute Gasteiger partial charge is 0.368 e. The van der Waals surface area contributed by atoms with Crippen LogP contribution in [-0.4, -0.2) is 27.3 Å². The first kappa shape index (κ1) is 17.9. The summed E-state index contributed by atoms with van der Waals surface area (Å²) in [5.74, 6) is 4.94. The Morgan fingerprint density at radius 3 is 2.93 bits per heavy atom. The molecule has 4 rings (SSSR count). The molecule has 1 amide bonds. The fourth-order valence-corrected chi connectivity index (χ4v) is 3.80. The molecule has 2 N–H and O–H groups in total. The second kappa shape index (κ2) is 7.28. The van der Waals surface area contributed by atoms with Crippen molar-refractivity contribution < 1.29 is 9.18 Å². The maximum atomic E-state index is 14.4. The van der Waals surface area contributed by atoms with E-state index in [4.69, 9.17) is 5.73 Å². The van der Waals surface area contributed by atoms with Crippen LogP contribution in [0.5, 0.6) is 0 Å². The molecule has 2 heterocycles. The number of nitrogens with zero attached hydrogens (tertiary/aromatic N) is 3. The molecular formula is C22H19FN4O. The third kappa shape index (κ3) is 3.16. The van der Waals surface area contributed by atoms with Gasteiger partial charge in [-0.1, -0.05) is 24.1 Å². The normalized spacial score (nSPS) is 16.1. The van der Waals surface area contributed by atoms with Crippen molar-refractivity contribution >= 4 is 22.8 Å². The van der Waals surface area contributed by atoms with Gasteiger partial charge in [0.25, 0.3) is 5.91 Å². The molecule has 0 radical (unpaired) electrons. The number of anilines is 1. The molecule has 1 aliphatic heterocycles. The van der Waals surface area contributed by atoms with Crippen LogP contribution in [0.4, 0.5) is 10.3 Å². The number of benzene rings is 2. The van der Waals surface area contributed by atoms with Crippen molar-refractivity contribution in [3.63, 3.8) is 0 Å². The minimum atomic E-state index is -0.305. The first-order valence-electron chi connectivity index (χ1n) is 9.13. The lowest BCUT2D eigenvalue weighted by molar-refractivity contribution is -0.125. The molecule has 1 atom stereocenters. The van der Waals surface area contributed by atoms with Crippen LogP contribution in [-0.2, 0) is 4.79 Å². The number of carbonyl (C=O) groups excluding carboxylic acids is 1. The van der Waals surface area contributed by atoms with Crippen molar-refractivity contribution in [2.24, 2.45) is 0 Å². The fraction of sp³-hybridized carbons (Fsp3) is 0.227. The standard InChI is InChI=1S/C22H19FN4O/c1-2-6-20(28)27-10-5-9-19(27)17-12-14(16-7-3-4-8-18(16)23)11-15-13-25-22(24)26-21(15)17/h3-4,7-8,11-13,19H,5,9-10H2,1H3,(H2,24,25,26). The van der Waals surface area contributed by atoms with E-state index in [-0.39, 0.29) is 23.7 Å². The van der Waals surface area contributed by atoms with Crippen molar-refractivity contribution in [1.82, 2.24) is 14.9 Å². The number of hydrogen-bond acceptors (Lipinski definition) is 4. The Labute approximate surface area is 162 Å². The van der Waals surface area contributed by atoms with Gasteiger partial charge in [0.2, 0.25) is 5.95 Å². The van der Waals surface area contributed by atoms with Crippen molar-refractivity contribution in [3.8, 4) is 23.0 Å². The first-order valence-corrected chi connectivity index (χ1v) is 9.13. The van der Waals surface area contributed by atoms with Crippen molar-refractivity contribution in [2.75, 3.05) is 12.3 Å². The molecule has 28 heavy (non-hydrogen) atoms. The first-order chi connectivity index (χ1) is 13.6. The number of amides is 1. The highest BCUT2D eigenvalue weighted by molar-refractivity contribution is 5.95. The summed E-state index contributed by atoms with van der Waals surface area (Å²) in [6, 6.07) is 10.2. The summed E-state index contributed by atoms with van der Waals surface area (Å²) in [5, 5.41) is 0.755. The van der Waals surface area contributed by atoms with Crippen LogP contribution >= 0.6 is 0 Å². The Balaban J connectivity index is 1.93. The van der Waals surface area contributed by atoms with Crippen LogP contribution in [0.3, 0.4) is 0 Å². The second-order valence-corrected chi connectivity index (χ2v) is 6.74. The summed E-state index contributed by atoms with van der Waals surface area (Å²) in [6.45, 7) is 2.27. The molecule has 3 aromatic rings. The van der Waals surface area contributed by atoms with Crippen molar-refractivity contribution in [2.45, 2.75) is 25.8 Å². The Morgan fingerprint density at radius 2 is 2.14 bits per heavy atom. The third-order valence-electron chi connectivity index (χ3n) is 5.02. The lowest BCUT2D eigenvalue weighted by Gasteiger charge is -2.24. The minimum Gasteiger partial charge on any atom is -0.368 e. The van der Waals surface area contributed by atoms with Crippen molar-refractivity contribution in [3.05, 3.63) is 54.0 Å². The number of aromatic nitrogens is 2. The average molecular weight is 374 g/mol. The molecule has 6 heteroatoms. The van der Waals surface area contributed by atoms with Gasteiger partial charge in [-0.2, -0.15) is 0 Å². The molecule has 1 fully saturated rings. The maximum absolute atomic E-state index is 14.4. The number of likely N-dealkylation sites (tertiary alicyclic amines) is 1. The summed E-state index contributed by atoms with van der Waals surface area (Å²) in [5.41, 5.74) is 8.56. The summed E-state index contributed by atoms with van der Waals surface area (Å²) in [6.07, 6.45) is 3.29. The minimum absolute atomic E-state index is 0.164. The zero-order chi connectivity index (χ0) is 19.7. The van der Waals surface area contributed by atoms with E-state index in [9.17, 15) is 9.18 Å². The Morgan fingerprint density at radius 1 is 1.32 bits per heavy atom. The fourth-order valence-electron chi connectivity index (χ4n) is 3.80. The van der Waals surface area contributed by atoms with Gasteiger partial charge in [0, 0.05) is 29.3 Å². The van der Waals surface area contributed by atoms with Crippen LogP contribution in [0.15, 0.2) is 42.6 Å². The summed E-state index contributed by atoms with van der Waals surface area (Å²) < 4.78 is 14.4. The molecule has 1 saturated heterocycles. The Bertz CT molecular complexity index is 1130. The summed E-state index contributed by atoms with van der Waals surface area (Å²) >= 11 is 0. The highest BCUT2D eigenvalue weighted by atomic mass is 19.1. The predicted molar refractivity (Wildman–Crippen MR) is 106 cm³/mol. The lowest BCUT2D eigenvalue weighted by atomic mass is 9.95. The topological polar surface area (TPSA) is 72.1 Å². The molecule has 0 saturated carbocycles. The Hall–Kier alpha value is -3.46. The van der Waals surface area contributed by atoms with Crippen LogP contribution in [0, 0.1) is 17.7 Å². The number of rotatable bonds is 2. The molecule has 0 aliphatic carbocycles. The average Bonchev–Trinajstić information content (AvgIpc) is 3.17. The van der Waals surface area contributed by atoms with E-state index in [0.29, 0.717) is 17.6 Å². The van der Waals surface area contributed by atoms with Crippen LogP contribution < -0.4 is 5.73 Å². The lowest BCUT2D eigenvalue weighted by Crippen LogP contribution is -2.29. The molecule has 140 valence electrons. The number of fused-ring (bicyclic) bond motifs is 1. The monoisotopic (exact) mass is 374 g/mol. The number of nitrogen functional groups attached to an aromatic ring is 1. The quantitative estimate of drug-likeness (QED) is 0.694. The van der Waals surface area contributed by atoms with E-state index in [2.05, 4.69) is 21.8 Å². The highest BCUT2D eigenvalue weighted by Crippen LogP contribution is 2.38. The number of halogens is 1. The third-order valence-corrected chi connectivity index (χ3v) is 5.02. The molecule has 0 spiro atoms. The maximum Gasteiger partial charge on any atom is 0.298 e. The van der Waals surface area contributed by atoms with Crippen molar-refractivity contribution in [1.29, 1.82) is 0 Å². The molecule has 1 unspecified atom stereocenters. The van der Waals surface area contributed by atoms with Gasteiger partial charge in [-0.05, 0) is 49.4 Å². The van der Waals surface area contributed by atoms with Gasteiger partial charge in [-0.25, -0.2) is 14.4 Å². The van der Waals surface area contributed by atoms with Crippen LogP contribution in [0.2, 0.25) is 0 Å². The van der Waals surface area contributed by atoms with Gasteiger partial charge in [-0.3, -0.25) is 4.79 Å². The van der Waals surface area contributed by atoms with Gasteiger partial charge in [0.05, 0.1) is 11.6 Å². The van der Waals surface area contributed by atoms with Crippen LogP contribution in [0.25, 0.3) is 22.0 Å². The summed E-state index contributed by atoms with van der Waals surface area (Å²) in [4.78, 5) is 22.7. The molecule has 5 nitrogen and oxygen atoms in total. The molecule has 0 bridgehead atoms. The number of hydrogen-bond donors (Lipinski definition) is 1. The zero-order valence-corrected chi connectivity index (χ0v) is 15.4. The van der Waals surface area contributed by atoms with E-state index in [1.54, 1.807) is 36.2 Å². The SMILES string of the molecule is CC#CC(=O)N1CCCC1c1cc(-c2ccccc2F)cc2cnc(N)nc12. The van der Waals surface area contributed by atoms with Crippen LogP contribution in [0.1, 0.15) is 31.4 Å². The number of nitrogens with two attached hydrogens (primary N) is 1. The smallest absolute Gasteiger partial charge is 0.298 e. The van der Waals surface area contributed by atoms with E-state index >= 15 is 0 Å². The molecule has 2 aromatic carbocycles.